The van der Waals surface area contributed by atoms with Crippen LogP contribution in [0.2, 0.25) is 0 Å². The zero-order valence-electron chi connectivity index (χ0n) is 11.0. The maximum atomic E-state index is 11.3. The molecular formula is C13H17N3O2. The zero-order valence-corrected chi connectivity index (χ0v) is 11.0. The molecular weight excluding hydrogens is 230 g/mol. The van der Waals surface area contributed by atoms with Gasteiger partial charge < -0.3 is 10.4 Å². The molecule has 0 radical (unpaired) electrons. The molecule has 1 rings (SSSR count). The van der Waals surface area contributed by atoms with Crippen molar-refractivity contribution < 1.29 is 9.90 Å². The summed E-state index contributed by atoms with van der Waals surface area (Å²) >= 11 is 0. The first-order valence-corrected chi connectivity index (χ1v) is 5.58. The number of nitrogens with zero attached hydrogens (tertiary/aromatic N) is 2. The van der Waals surface area contributed by atoms with E-state index in [0.29, 0.717) is 11.4 Å². The van der Waals surface area contributed by atoms with Crippen molar-refractivity contribution in [2.24, 2.45) is 5.41 Å². The number of aliphatic carboxylic acids is 1. The quantitative estimate of drug-likeness (QED) is 0.852. The highest BCUT2D eigenvalue weighted by Gasteiger charge is 2.43. The molecule has 1 aromatic rings. The van der Waals surface area contributed by atoms with Gasteiger partial charge in [0.25, 0.3) is 0 Å². The highest BCUT2D eigenvalue weighted by Crippen LogP contribution is 2.33. The summed E-state index contributed by atoms with van der Waals surface area (Å²) in [6.07, 6.45) is 1.45. The van der Waals surface area contributed by atoms with E-state index in [9.17, 15) is 9.90 Å². The van der Waals surface area contributed by atoms with Crippen LogP contribution in [-0.4, -0.2) is 21.6 Å². The molecule has 0 aromatic carbocycles. The third-order valence-electron chi connectivity index (χ3n) is 3.43. The van der Waals surface area contributed by atoms with Crippen molar-refractivity contribution in [3.05, 3.63) is 23.9 Å². The summed E-state index contributed by atoms with van der Waals surface area (Å²) in [6.45, 7) is 6.93. The average molecular weight is 247 g/mol. The van der Waals surface area contributed by atoms with Crippen LogP contribution in [0.4, 0.5) is 5.82 Å². The Morgan fingerprint density at radius 1 is 1.39 bits per heavy atom. The van der Waals surface area contributed by atoms with Crippen LogP contribution in [0.5, 0.6) is 0 Å². The lowest BCUT2D eigenvalue weighted by atomic mass is 9.74. The van der Waals surface area contributed by atoms with Gasteiger partial charge in [0.1, 0.15) is 11.9 Å². The van der Waals surface area contributed by atoms with Crippen LogP contribution >= 0.6 is 0 Å². The molecule has 1 aromatic heterocycles. The monoisotopic (exact) mass is 247 g/mol. The molecule has 2 N–H and O–H groups in total. The van der Waals surface area contributed by atoms with Crippen LogP contribution in [0.15, 0.2) is 18.3 Å². The molecule has 1 heterocycles. The number of carboxylic acid groups (broad SMARTS) is 1. The lowest BCUT2D eigenvalue weighted by Crippen LogP contribution is -2.50. The minimum Gasteiger partial charge on any atom is -0.481 e. The van der Waals surface area contributed by atoms with Gasteiger partial charge in [0.2, 0.25) is 0 Å². The molecule has 0 aliphatic carbocycles. The van der Waals surface area contributed by atoms with Gasteiger partial charge in [-0.15, -0.1) is 0 Å². The van der Waals surface area contributed by atoms with E-state index >= 15 is 0 Å². The minimum atomic E-state index is -0.956. The Morgan fingerprint density at radius 2 is 2.00 bits per heavy atom. The van der Waals surface area contributed by atoms with Crippen molar-refractivity contribution >= 4 is 11.8 Å². The van der Waals surface area contributed by atoms with Crippen molar-refractivity contribution in [2.75, 3.05) is 5.32 Å². The number of hydrogen-bond acceptors (Lipinski definition) is 4. The number of rotatable bonds is 4. The van der Waals surface area contributed by atoms with Crippen molar-refractivity contribution in [1.82, 2.24) is 4.98 Å². The molecule has 5 nitrogen and oxygen atoms in total. The summed E-state index contributed by atoms with van der Waals surface area (Å²) < 4.78 is 0. The average Bonchev–Trinajstić information content (AvgIpc) is 2.29. The Balaban J connectivity index is 2.95. The number of nitriles is 1. The van der Waals surface area contributed by atoms with Gasteiger partial charge in [-0.3, -0.25) is 4.79 Å². The van der Waals surface area contributed by atoms with Crippen LogP contribution in [0.25, 0.3) is 0 Å². The van der Waals surface area contributed by atoms with Crippen molar-refractivity contribution in [3.8, 4) is 6.07 Å². The van der Waals surface area contributed by atoms with Gasteiger partial charge in [0.15, 0.2) is 0 Å². The third-order valence-corrected chi connectivity index (χ3v) is 3.43. The van der Waals surface area contributed by atoms with Gasteiger partial charge in [0, 0.05) is 11.7 Å². The predicted octanol–water partition coefficient (Wildman–Crippen LogP) is 2.25. The number of nitrogens with one attached hydrogen (secondary N) is 1. The predicted molar refractivity (Wildman–Crippen MR) is 68.1 cm³/mol. The number of carboxylic acids is 1. The Bertz CT molecular complexity index is 484. The normalized spacial score (nSPS) is 11.7. The number of aromatic nitrogens is 1. The summed E-state index contributed by atoms with van der Waals surface area (Å²) in [6, 6.07) is 5.28. The van der Waals surface area contributed by atoms with E-state index in [-0.39, 0.29) is 0 Å². The number of hydrogen-bond donors (Lipinski definition) is 2. The fourth-order valence-electron chi connectivity index (χ4n) is 1.28. The highest BCUT2D eigenvalue weighted by molar-refractivity contribution is 5.76. The van der Waals surface area contributed by atoms with E-state index in [2.05, 4.69) is 10.3 Å². The summed E-state index contributed by atoms with van der Waals surface area (Å²) in [5.74, 6) is -0.332. The summed E-state index contributed by atoms with van der Waals surface area (Å²) in [7, 11) is 0. The molecule has 0 amide bonds. The molecule has 0 saturated heterocycles. The van der Waals surface area contributed by atoms with Gasteiger partial charge in [-0.05, 0) is 39.8 Å². The molecule has 5 heteroatoms. The molecule has 0 bridgehead atoms. The van der Waals surface area contributed by atoms with Crippen LogP contribution < -0.4 is 5.32 Å². The molecule has 0 atom stereocenters. The Labute approximate surface area is 106 Å². The van der Waals surface area contributed by atoms with Crippen LogP contribution in [0, 0.1) is 16.7 Å². The fourth-order valence-corrected chi connectivity index (χ4v) is 1.28. The molecule has 96 valence electrons. The molecule has 0 spiro atoms. The maximum Gasteiger partial charge on any atom is 0.311 e. The summed E-state index contributed by atoms with van der Waals surface area (Å²) in [4.78, 5) is 15.3. The molecule has 0 fully saturated rings. The lowest BCUT2D eigenvalue weighted by molar-refractivity contribution is -0.149. The number of carbonyl (C=O) groups is 1. The molecule has 18 heavy (non-hydrogen) atoms. The lowest BCUT2D eigenvalue weighted by Gasteiger charge is -2.39. The summed E-state index contributed by atoms with van der Waals surface area (Å²) in [5.41, 5.74) is -1.17. The van der Waals surface area contributed by atoms with Crippen LogP contribution in [0.3, 0.4) is 0 Å². The number of pyridine rings is 1. The van der Waals surface area contributed by atoms with E-state index in [0.717, 1.165) is 0 Å². The first-order valence-electron chi connectivity index (χ1n) is 5.58. The van der Waals surface area contributed by atoms with Crippen molar-refractivity contribution in [3.63, 3.8) is 0 Å². The van der Waals surface area contributed by atoms with E-state index in [1.165, 1.54) is 6.20 Å². The Kier molecular flexibility index (Phi) is 3.61. The number of anilines is 1. The highest BCUT2D eigenvalue weighted by atomic mass is 16.4. The van der Waals surface area contributed by atoms with E-state index in [1.54, 1.807) is 39.8 Å². The molecule has 0 unspecified atom stereocenters. The third kappa shape index (κ3) is 2.59. The first-order chi connectivity index (χ1) is 8.20. The van der Waals surface area contributed by atoms with E-state index in [1.807, 2.05) is 6.07 Å². The van der Waals surface area contributed by atoms with Gasteiger partial charge in [-0.25, -0.2) is 4.98 Å². The van der Waals surface area contributed by atoms with Crippen molar-refractivity contribution in [2.45, 2.75) is 33.2 Å². The van der Waals surface area contributed by atoms with Crippen LogP contribution in [0.1, 0.15) is 33.3 Å². The second-order valence-corrected chi connectivity index (χ2v) is 5.22. The standard InChI is InChI=1S/C13H17N3O2/c1-12(2,11(17)18)13(3,4)16-10-6-5-9(7-14)8-15-10/h5-6,8H,1-4H3,(H,15,16)(H,17,18). The second-order valence-electron chi connectivity index (χ2n) is 5.22. The Morgan fingerprint density at radius 3 is 2.39 bits per heavy atom. The SMILES string of the molecule is CC(C)(Nc1ccc(C#N)cn1)C(C)(C)C(=O)O. The fraction of sp³-hybridized carbons (Fsp3) is 0.462. The maximum absolute atomic E-state index is 11.3. The topological polar surface area (TPSA) is 86.0 Å². The minimum absolute atomic E-state index is 0.468. The molecule has 0 aliphatic heterocycles. The van der Waals surface area contributed by atoms with Crippen molar-refractivity contribution in [1.29, 1.82) is 5.26 Å². The van der Waals surface area contributed by atoms with Gasteiger partial charge in [-0.2, -0.15) is 5.26 Å². The zero-order chi connectivity index (χ0) is 14.0. The van der Waals surface area contributed by atoms with Gasteiger partial charge >= 0.3 is 5.97 Å². The van der Waals surface area contributed by atoms with E-state index < -0.39 is 16.9 Å². The van der Waals surface area contributed by atoms with Gasteiger partial charge in [-0.1, -0.05) is 0 Å². The van der Waals surface area contributed by atoms with Crippen LogP contribution in [-0.2, 0) is 4.79 Å². The first kappa shape index (κ1) is 14.0. The van der Waals surface area contributed by atoms with Gasteiger partial charge in [0.05, 0.1) is 11.0 Å². The Hall–Kier alpha value is -2.09. The molecule has 0 aliphatic rings. The summed E-state index contributed by atoms with van der Waals surface area (Å²) in [5, 5.41) is 21.0. The largest absolute Gasteiger partial charge is 0.481 e. The second kappa shape index (κ2) is 4.65. The molecule has 0 saturated carbocycles. The smallest absolute Gasteiger partial charge is 0.311 e. The van der Waals surface area contributed by atoms with E-state index in [4.69, 9.17) is 5.26 Å².